The molecule has 268 valence electrons. The zero-order valence-corrected chi connectivity index (χ0v) is 33.3. The molecule has 0 unspecified atom stereocenters. The van der Waals surface area contributed by atoms with Crippen LogP contribution < -0.4 is 14.8 Å². The summed E-state index contributed by atoms with van der Waals surface area (Å²) in [4.78, 5) is 22.7. The zero-order chi connectivity index (χ0) is 35.1. The molecule has 0 aliphatic heterocycles. The Morgan fingerprint density at radius 1 is 0.640 bits per heavy atom. The van der Waals surface area contributed by atoms with Crippen LogP contribution in [0.4, 0.5) is 0 Å². The highest BCUT2D eigenvalue weighted by atomic mass is 32.1. The van der Waals surface area contributed by atoms with Crippen molar-refractivity contribution in [3.8, 4) is 31.0 Å². The zero-order valence-electron chi connectivity index (χ0n) is 30.0. The number of nitrogens with zero attached hydrogens (tertiary/aromatic N) is 1. The molecule has 0 saturated heterocycles. The van der Waals surface area contributed by atoms with Crippen molar-refractivity contribution in [2.75, 3.05) is 26.3 Å². The van der Waals surface area contributed by atoms with E-state index in [0.717, 1.165) is 42.6 Å². The van der Waals surface area contributed by atoms with E-state index in [4.69, 9.17) is 16.0 Å². The molecule has 1 amide bonds. The molecule has 0 radical (unpaired) electrons. The van der Waals surface area contributed by atoms with Crippen molar-refractivity contribution in [1.82, 2.24) is 5.32 Å². The van der Waals surface area contributed by atoms with Gasteiger partial charge in [0.2, 0.25) is 0 Å². The molecule has 5 rings (SSSR count). The van der Waals surface area contributed by atoms with E-state index < -0.39 is 0 Å². The van der Waals surface area contributed by atoms with E-state index in [2.05, 4.69) is 67.3 Å². The molecule has 0 aliphatic rings. The van der Waals surface area contributed by atoms with Crippen molar-refractivity contribution < 1.29 is 14.3 Å². The van der Waals surface area contributed by atoms with Gasteiger partial charge in [0.1, 0.15) is 11.5 Å². The maximum atomic E-state index is 11.8. The van der Waals surface area contributed by atoms with Gasteiger partial charge in [0.05, 0.1) is 22.6 Å². The topological polar surface area (TPSA) is 51.9 Å². The number of thiophene rings is 4. The number of aryl methyl sites for hydroxylation is 1. The van der Waals surface area contributed by atoms with Crippen LogP contribution in [0.25, 0.3) is 44.5 Å². The summed E-state index contributed by atoms with van der Waals surface area (Å²) < 4.78 is 15.9. The molecule has 1 aromatic carbocycles. The largest absolute Gasteiger partial charge is 0.491 e. The predicted octanol–water partition coefficient (Wildman–Crippen LogP) is 13.2. The van der Waals surface area contributed by atoms with Crippen molar-refractivity contribution >= 4 is 71.4 Å². The maximum Gasteiger partial charge on any atom is 0.300 e. The summed E-state index contributed by atoms with van der Waals surface area (Å²) in [5, 5.41) is 5.17. The molecule has 0 atom stereocenters. The molecule has 0 aliphatic carbocycles. The lowest BCUT2D eigenvalue weighted by Crippen LogP contribution is -2.26. The van der Waals surface area contributed by atoms with Crippen LogP contribution in [-0.2, 0) is 17.6 Å². The number of carbonyl (C=O) groups excluding carboxylic acids is 1. The molecule has 4 aromatic heterocycles. The van der Waals surface area contributed by atoms with Crippen LogP contribution in [0, 0.1) is 6.57 Å². The fraction of sp³-hybridized carbons (Fsp3) is 0.512. The van der Waals surface area contributed by atoms with E-state index in [1.54, 1.807) is 22.7 Å². The second kappa shape index (κ2) is 20.2. The number of amides is 1. The van der Waals surface area contributed by atoms with Gasteiger partial charge in [-0.2, -0.15) is 0 Å². The Balaban J connectivity index is 1.51. The lowest BCUT2D eigenvalue weighted by atomic mass is 10.1. The fourth-order valence-corrected chi connectivity index (χ4v) is 10.7. The minimum absolute atomic E-state index is 0.115. The third kappa shape index (κ3) is 10.3. The summed E-state index contributed by atoms with van der Waals surface area (Å²) >= 11 is 7.36. The first-order chi connectivity index (χ1) is 24.6. The predicted molar refractivity (Wildman–Crippen MR) is 219 cm³/mol. The standard InChI is InChI=1S/C41H52N2O3S4/c1-5-8-11-14-17-29-18-20-33(47-29)35-26-31-38(45-24-15-12-9-6-2)41-32(39(40(31)49-35)46-25-16-13-10-7-3)27-36(50-41)34-21-19-30(48-34)22-23-43-37(44)28-42-4/h18-21,26-27H,5-17,22-25,28H2,1-3H3,(H,43,44). The van der Waals surface area contributed by atoms with E-state index >= 15 is 0 Å². The van der Waals surface area contributed by atoms with Gasteiger partial charge in [-0.25, -0.2) is 6.57 Å². The van der Waals surface area contributed by atoms with Gasteiger partial charge in [0, 0.05) is 46.6 Å². The Hall–Kier alpha value is -2.90. The van der Waals surface area contributed by atoms with E-state index in [-0.39, 0.29) is 12.5 Å². The van der Waals surface area contributed by atoms with Crippen LogP contribution in [0.1, 0.15) is 108 Å². The van der Waals surface area contributed by atoms with Crippen LogP contribution in [0.15, 0.2) is 36.4 Å². The average molecular weight is 749 g/mol. The Kier molecular flexibility index (Phi) is 15.5. The Labute approximate surface area is 314 Å². The van der Waals surface area contributed by atoms with Crippen molar-refractivity contribution in [1.29, 1.82) is 0 Å². The molecular formula is C41H52N2O3S4. The van der Waals surface area contributed by atoms with Crippen LogP contribution in [0.3, 0.4) is 0 Å². The summed E-state index contributed by atoms with van der Waals surface area (Å²) in [6.45, 7) is 15.5. The third-order valence-electron chi connectivity index (χ3n) is 8.86. The number of benzene rings is 1. The SMILES string of the molecule is [C-]#[N+]CC(=O)NCCc1ccc(-c2cc3c(OCCCCCC)c4sc(-c5ccc(CCCCCC)s5)cc4c(OCCCCCC)c3s2)s1. The van der Waals surface area contributed by atoms with Gasteiger partial charge in [-0.05, 0) is 68.5 Å². The lowest BCUT2D eigenvalue weighted by Gasteiger charge is -2.13. The molecule has 5 nitrogen and oxygen atoms in total. The minimum Gasteiger partial charge on any atom is -0.491 e. The summed E-state index contributed by atoms with van der Waals surface area (Å²) in [7, 11) is 0. The number of hydrogen-bond donors (Lipinski definition) is 1. The molecule has 0 bridgehead atoms. The number of carbonyl (C=O) groups is 1. The Morgan fingerprint density at radius 3 is 1.64 bits per heavy atom. The second-order valence-corrected chi connectivity index (χ2v) is 17.4. The molecule has 0 saturated carbocycles. The van der Waals surface area contributed by atoms with Crippen molar-refractivity contribution in [2.45, 2.75) is 111 Å². The van der Waals surface area contributed by atoms with Crippen molar-refractivity contribution in [3.05, 3.63) is 57.6 Å². The molecule has 0 spiro atoms. The Morgan fingerprint density at radius 2 is 1.14 bits per heavy atom. The number of fused-ring (bicyclic) bond motifs is 2. The van der Waals surface area contributed by atoms with Gasteiger partial charge >= 0.3 is 0 Å². The van der Waals surface area contributed by atoms with Gasteiger partial charge in [-0.1, -0.05) is 78.6 Å². The highest BCUT2D eigenvalue weighted by molar-refractivity contribution is 7.28. The molecule has 4 heterocycles. The number of unbranched alkanes of at least 4 members (excludes halogenated alkanes) is 9. The van der Waals surface area contributed by atoms with E-state index in [1.807, 2.05) is 22.7 Å². The van der Waals surface area contributed by atoms with Crippen molar-refractivity contribution in [3.63, 3.8) is 0 Å². The molecule has 50 heavy (non-hydrogen) atoms. The van der Waals surface area contributed by atoms with E-state index in [1.165, 1.54) is 108 Å². The molecular weight excluding hydrogens is 697 g/mol. The maximum absolute atomic E-state index is 11.8. The highest BCUT2D eigenvalue weighted by Crippen LogP contribution is 2.53. The minimum atomic E-state index is -0.212. The molecule has 0 fully saturated rings. The summed E-state index contributed by atoms with van der Waals surface area (Å²) in [5.41, 5.74) is 0. The summed E-state index contributed by atoms with van der Waals surface area (Å²) in [5.74, 6) is 1.79. The van der Waals surface area contributed by atoms with Gasteiger partial charge < -0.3 is 19.6 Å². The molecule has 5 aromatic rings. The first kappa shape index (κ1) is 38.3. The van der Waals surface area contributed by atoms with Crippen molar-refractivity contribution in [2.24, 2.45) is 0 Å². The monoisotopic (exact) mass is 748 g/mol. The quantitative estimate of drug-likeness (QED) is 0.0534. The highest BCUT2D eigenvalue weighted by Gasteiger charge is 2.23. The second-order valence-electron chi connectivity index (χ2n) is 12.9. The summed E-state index contributed by atoms with van der Waals surface area (Å²) in [6, 6.07) is 13.7. The smallest absolute Gasteiger partial charge is 0.300 e. The van der Waals surface area contributed by atoms with E-state index in [0.29, 0.717) is 19.8 Å². The Bertz CT molecular complexity index is 1770. The number of nitrogens with one attached hydrogen (secondary N) is 1. The van der Waals surface area contributed by atoms with Gasteiger partial charge in [0.15, 0.2) is 0 Å². The lowest BCUT2D eigenvalue weighted by molar-refractivity contribution is -0.119. The number of hydrogen-bond acceptors (Lipinski definition) is 7. The molecule has 1 N–H and O–H groups in total. The summed E-state index contributed by atoms with van der Waals surface area (Å²) in [6.07, 6.45) is 16.4. The first-order valence-corrected chi connectivity index (χ1v) is 21.9. The fourth-order valence-electron chi connectivity index (χ4n) is 6.11. The normalized spacial score (nSPS) is 11.4. The van der Waals surface area contributed by atoms with Crippen LogP contribution >= 0.6 is 45.3 Å². The first-order valence-electron chi connectivity index (χ1n) is 18.6. The van der Waals surface area contributed by atoms with Gasteiger partial charge in [-0.15, -0.1) is 45.3 Å². The van der Waals surface area contributed by atoms with Crippen LogP contribution in [0.2, 0.25) is 0 Å². The van der Waals surface area contributed by atoms with Gasteiger partial charge in [-0.3, -0.25) is 4.79 Å². The van der Waals surface area contributed by atoms with Crippen LogP contribution in [-0.4, -0.2) is 32.2 Å². The van der Waals surface area contributed by atoms with Gasteiger partial charge in [0.25, 0.3) is 12.5 Å². The van der Waals surface area contributed by atoms with E-state index in [9.17, 15) is 4.79 Å². The average Bonchev–Trinajstić information content (AvgIpc) is 3.93. The third-order valence-corrected chi connectivity index (χ3v) is 13.8. The van der Waals surface area contributed by atoms with Crippen LogP contribution in [0.5, 0.6) is 11.5 Å². The number of ether oxygens (including phenoxy) is 2. The number of rotatable bonds is 23. The molecule has 9 heteroatoms.